The van der Waals surface area contributed by atoms with Gasteiger partial charge in [0.2, 0.25) is 0 Å². The van der Waals surface area contributed by atoms with Gasteiger partial charge in [0, 0.05) is 18.1 Å². The maximum absolute atomic E-state index is 10.2. The minimum atomic E-state index is 0.554. The van der Waals surface area contributed by atoms with Gasteiger partial charge in [-0.25, -0.2) is 0 Å². The van der Waals surface area contributed by atoms with Crippen LogP contribution in [0.15, 0.2) is 0 Å². The van der Waals surface area contributed by atoms with Crippen LogP contribution in [0.3, 0.4) is 0 Å². The number of hydrogen-bond acceptors (Lipinski definition) is 3. The molecule has 59 valence electrons. The molecule has 0 aromatic rings. The smallest absolute Gasteiger partial charge is 0.293 e. The van der Waals surface area contributed by atoms with E-state index in [1.54, 1.807) is 7.41 Å². The van der Waals surface area contributed by atoms with E-state index in [0.29, 0.717) is 18.1 Å². The Balaban J connectivity index is 1.97. The van der Waals surface area contributed by atoms with Gasteiger partial charge in [-0.15, -0.1) is 0 Å². The van der Waals surface area contributed by atoms with Crippen molar-refractivity contribution in [3.8, 4) is 0 Å². The highest BCUT2D eigenvalue weighted by molar-refractivity contribution is 6.64. The molecule has 3 nitrogen and oxygen atoms in total. The molecule has 2 saturated heterocycles. The average Bonchev–Trinajstić information content (AvgIpc) is 2.26. The van der Waals surface area contributed by atoms with Gasteiger partial charge in [-0.3, -0.25) is 0 Å². The van der Waals surface area contributed by atoms with Gasteiger partial charge < -0.3 is 14.9 Å². The first-order valence-corrected chi connectivity index (χ1v) is 4.13. The third-order valence-corrected chi connectivity index (χ3v) is 2.74. The van der Waals surface area contributed by atoms with E-state index in [4.69, 9.17) is 0 Å². The Kier molecular flexibility index (Phi) is 1.73. The van der Waals surface area contributed by atoms with E-state index < -0.39 is 0 Å². The maximum atomic E-state index is 10.2. The Morgan fingerprint density at radius 1 is 1.73 bits per heavy atom. The Morgan fingerprint density at radius 2 is 2.55 bits per heavy atom. The van der Waals surface area contributed by atoms with Crippen LogP contribution in [0, 0.1) is 0 Å². The van der Waals surface area contributed by atoms with Gasteiger partial charge in [0.15, 0.2) is 0 Å². The van der Waals surface area contributed by atoms with E-state index in [1.165, 1.54) is 6.42 Å². The Hall–Kier alpha value is -0.345. The molecule has 2 fully saturated rings. The molecular weight excluding hydrogens is 139 g/mol. The van der Waals surface area contributed by atoms with Crippen molar-refractivity contribution >= 4 is 13.6 Å². The van der Waals surface area contributed by atoms with Crippen LogP contribution in [0.2, 0.25) is 0 Å². The second kappa shape index (κ2) is 2.61. The van der Waals surface area contributed by atoms with Crippen molar-refractivity contribution in [3.63, 3.8) is 0 Å². The molecule has 2 aliphatic heterocycles. The highest BCUT2D eigenvalue weighted by atomic mass is 16.1. The Morgan fingerprint density at radius 3 is 3.18 bits per heavy atom. The zero-order valence-electron chi connectivity index (χ0n) is 6.66. The summed E-state index contributed by atoms with van der Waals surface area (Å²) in [7, 11) is 1.67. The van der Waals surface area contributed by atoms with E-state index in [2.05, 4.69) is 17.1 Å². The van der Waals surface area contributed by atoms with Crippen molar-refractivity contribution < 1.29 is 4.79 Å². The zero-order valence-corrected chi connectivity index (χ0v) is 6.66. The first kappa shape index (κ1) is 7.31. The molecule has 0 aromatic carbocycles. The third-order valence-electron chi connectivity index (χ3n) is 2.74. The second-order valence-electron chi connectivity index (χ2n) is 3.36. The fourth-order valence-electron chi connectivity index (χ4n) is 2.23. The maximum Gasteiger partial charge on any atom is 0.293 e. The van der Waals surface area contributed by atoms with Crippen LogP contribution in [0.4, 0.5) is 0 Å². The van der Waals surface area contributed by atoms with Crippen LogP contribution < -0.4 is 5.32 Å². The molecule has 1 radical (unpaired) electrons. The summed E-state index contributed by atoms with van der Waals surface area (Å²) in [4.78, 5) is 12.4. The minimum Gasteiger partial charge on any atom is -0.335 e. The van der Waals surface area contributed by atoms with Gasteiger partial charge in [0.25, 0.3) is 7.41 Å². The molecule has 0 aliphatic carbocycles. The molecule has 11 heavy (non-hydrogen) atoms. The van der Waals surface area contributed by atoms with Crippen molar-refractivity contribution in [1.29, 1.82) is 0 Å². The molecule has 0 saturated carbocycles. The number of nitrogens with one attached hydrogen (secondary N) is 1. The molecule has 0 bridgehead atoms. The highest BCUT2D eigenvalue weighted by Crippen LogP contribution is 2.27. The molecule has 0 spiro atoms. The zero-order chi connectivity index (χ0) is 7.84. The summed E-state index contributed by atoms with van der Waals surface area (Å²) < 4.78 is 0. The summed E-state index contributed by atoms with van der Waals surface area (Å²) in [5, 5.41) is 3.42. The predicted octanol–water partition coefficient (Wildman–Crippen LogP) is -0.770. The molecule has 0 amide bonds. The molecule has 1 N–H and O–H groups in total. The SMILES string of the molecule is C[C@@H]1N[C@@H]2CCN([B]C=O)[C@H]12. The topological polar surface area (TPSA) is 32.3 Å². The van der Waals surface area contributed by atoms with E-state index in [1.807, 2.05) is 0 Å². The quantitative estimate of drug-likeness (QED) is 0.415. The summed E-state index contributed by atoms with van der Waals surface area (Å²) in [6, 6.07) is 1.78. The molecule has 0 aromatic heterocycles. The van der Waals surface area contributed by atoms with Gasteiger partial charge >= 0.3 is 0 Å². The number of carbonyl (C=O) groups excluding carboxylic acids is 1. The van der Waals surface area contributed by atoms with E-state index >= 15 is 0 Å². The summed E-state index contributed by atoms with van der Waals surface area (Å²) in [6.45, 7) is 3.20. The molecule has 0 unspecified atom stereocenters. The first-order chi connectivity index (χ1) is 5.33. The van der Waals surface area contributed by atoms with Crippen molar-refractivity contribution in [1.82, 2.24) is 10.1 Å². The third kappa shape index (κ3) is 1.01. The number of nitrogens with zero attached hydrogens (tertiary/aromatic N) is 1. The summed E-state index contributed by atoms with van der Waals surface area (Å²) >= 11 is 0. The van der Waals surface area contributed by atoms with Crippen LogP contribution >= 0.6 is 0 Å². The van der Waals surface area contributed by atoms with Crippen LogP contribution in [-0.2, 0) is 4.79 Å². The Labute approximate surface area is 67.4 Å². The fourth-order valence-corrected chi connectivity index (χ4v) is 2.23. The van der Waals surface area contributed by atoms with Crippen LogP contribution in [0.5, 0.6) is 0 Å². The van der Waals surface area contributed by atoms with Crippen molar-refractivity contribution in [2.75, 3.05) is 6.54 Å². The van der Waals surface area contributed by atoms with Crippen molar-refractivity contribution in [2.24, 2.45) is 0 Å². The number of hydrogen-bond donors (Lipinski definition) is 1. The molecule has 2 aliphatic rings. The molecular formula is C7H12BN2O. The summed E-state index contributed by atoms with van der Waals surface area (Å²) in [5.41, 5.74) is 0. The monoisotopic (exact) mass is 151 g/mol. The number of carbonyl (C=O) groups is 1. The molecule has 2 heterocycles. The first-order valence-electron chi connectivity index (χ1n) is 4.13. The normalized spacial score (nSPS) is 42.8. The molecule has 3 atom stereocenters. The number of fused-ring (bicyclic) bond motifs is 1. The average molecular weight is 151 g/mol. The van der Waals surface area contributed by atoms with Crippen LogP contribution in [-0.4, -0.2) is 43.1 Å². The van der Waals surface area contributed by atoms with Gasteiger partial charge in [0.1, 0.15) is 0 Å². The fraction of sp³-hybridized carbons (Fsp3) is 0.857. The lowest BCUT2D eigenvalue weighted by molar-refractivity contribution is 0.185. The molecule has 4 heteroatoms. The largest absolute Gasteiger partial charge is 0.335 e. The summed E-state index contributed by atoms with van der Waals surface area (Å²) in [5.74, 6) is 0. The van der Waals surface area contributed by atoms with E-state index in [-0.39, 0.29) is 0 Å². The van der Waals surface area contributed by atoms with Gasteiger partial charge in [0.05, 0.1) is 6.19 Å². The number of rotatable bonds is 2. The van der Waals surface area contributed by atoms with Crippen LogP contribution in [0.25, 0.3) is 0 Å². The standard InChI is InChI=1S/C7H12BN2O/c1-5-7-6(9-5)2-3-10(7)8-4-11/h4-7,9H,2-3H2,1H3/t5-,6+,7+/m0/s1. The lowest BCUT2D eigenvalue weighted by Crippen LogP contribution is -2.66. The molecule has 2 rings (SSSR count). The van der Waals surface area contributed by atoms with E-state index in [9.17, 15) is 4.79 Å². The van der Waals surface area contributed by atoms with E-state index in [0.717, 1.165) is 12.7 Å². The van der Waals surface area contributed by atoms with Gasteiger partial charge in [-0.05, 0) is 19.9 Å². The van der Waals surface area contributed by atoms with Crippen molar-refractivity contribution in [3.05, 3.63) is 0 Å². The predicted molar refractivity (Wildman–Crippen MR) is 44.0 cm³/mol. The highest BCUT2D eigenvalue weighted by Gasteiger charge is 2.45. The van der Waals surface area contributed by atoms with Crippen molar-refractivity contribution in [2.45, 2.75) is 31.5 Å². The lowest BCUT2D eigenvalue weighted by Gasteiger charge is -2.43. The minimum absolute atomic E-state index is 0.554. The van der Waals surface area contributed by atoms with Crippen LogP contribution in [0.1, 0.15) is 13.3 Å². The second-order valence-corrected chi connectivity index (χ2v) is 3.36. The summed E-state index contributed by atoms with van der Waals surface area (Å²) in [6.07, 6.45) is 2.06. The van der Waals surface area contributed by atoms with Gasteiger partial charge in [-0.1, -0.05) is 0 Å². The Bertz CT molecular complexity index is 176. The van der Waals surface area contributed by atoms with Gasteiger partial charge in [-0.2, -0.15) is 0 Å². The lowest BCUT2D eigenvalue weighted by atomic mass is 9.86.